The molecular formula is C17H20N4O4S. The van der Waals surface area contributed by atoms with E-state index in [1.807, 2.05) is 24.3 Å². The van der Waals surface area contributed by atoms with Crippen LogP contribution in [0.4, 0.5) is 5.82 Å². The SMILES string of the molecule is COc1ccc(CNc2ccc(C(=O)NC3CCS(=O)(=O)C3)nn2)cc1. The Hall–Kier alpha value is -2.68. The summed E-state index contributed by atoms with van der Waals surface area (Å²) < 4.78 is 28.0. The Balaban J connectivity index is 1.53. The summed E-state index contributed by atoms with van der Waals surface area (Å²) in [4.78, 5) is 12.1. The second-order valence-electron chi connectivity index (χ2n) is 6.08. The number of methoxy groups -OCH3 is 1. The molecule has 1 fully saturated rings. The molecule has 1 aliphatic rings. The first-order valence-electron chi connectivity index (χ1n) is 8.17. The van der Waals surface area contributed by atoms with Crippen LogP contribution in [-0.2, 0) is 16.4 Å². The van der Waals surface area contributed by atoms with Gasteiger partial charge in [-0.3, -0.25) is 4.79 Å². The smallest absolute Gasteiger partial charge is 0.272 e. The second-order valence-corrected chi connectivity index (χ2v) is 8.31. The van der Waals surface area contributed by atoms with Gasteiger partial charge in [-0.1, -0.05) is 12.1 Å². The van der Waals surface area contributed by atoms with Crippen LogP contribution in [0.1, 0.15) is 22.5 Å². The van der Waals surface area contributed by atoms with Crippen molar-refractivity contribution >= 4 is 21.6 Å². The molecule has 9 heteroatoms. The number of hydrogen-bond acceptors (Lipinski definition) is 7. The molecule has 2 N–H and O–H groups in total. The molecule has 2 aromatic rings. The number of rotatable bonds is 6. The fourth-order valence-corrected chi connectivity index (χ4v) is 4.33. The van der Waals surface area contributed by atoms with Gasteiger partial charge in [0.25, 0.3) is 5.91 Å². The molecule has 1 unspecified atom stereocenters. The topological polar surface area (TPSA) is 110 Å². The Bertz CT molecular complexity index is 867. The van der Waals surface area contributed by atoms with Gasteiger partial charge >= 0.3 is 0 Å². The molecule has 1 aliphatic heterocycles. The van der Waals surface area contributed by atoms with Crippen molar-refractivity contribution < 1.29 is 17.9 Å². The minimum absolute atomic E-state index is 0.0202. The quantitative estimate of drug-likeness (QED) is 0.774. The maximum Gasteiger partial charge on any atom is 0.272 e. The molecule has 0 bridgehead atoms. The fourth-order valence-electron chi connectivity index (χ4n) is 2.65. The van der Waals surface area contributed by atoms with Crippen molar-refractivity contribution in [2.75, 3.05) is 23.9 Å². The monoisotopic (exact) mass is 376 g/mol. The van der Waals surface area contributed by atoms with E-state index in [1.165, 1.54) is 0 Å². The van der Waals surface area contributed by atoms with Gasteiger partial charge in [-0.15, -0.1) is 10.2 Å². The van der Waals surface area contributed by atoms with E-state index in [1.54, 1.807) is 19.2 Å². The molecule has 138 valence electrons. The van der Waals surface area contributed by atoms with Crippen molar-refractivity contribution in [3.05, 3.63) is 47.7 Å². The van der Waals surface area contributed by atoms with Crippen molar-refractivity contribution in [3.8, 4) is 5.75 Å². The van der Waals surface area contributed by atoms with E-state index >= 15 is 0 Å². The molecule has 1 aromatic heterocycles. The average molecular weight is 376 g/mol. The molecule has 1 saturated heterocycles. The molecule has 1 atom stereocenters. The van der Waals surface area contributed by atoms with E-state index in [0.717, 1.165) is 11.3 Å². The summed E-state index contributed by atoms with van der Waals surface area (Å²) in [7, 11) is -1.42. The number of ether oxygens (including phenoxy) is 1. The second kappa shape index (κ2) is 7.69. The van der Waals surface area contributed by atoms with Gasteiger partial charge in [-0.25, -0.2) is 8.42 Å². The van der Waals surface area contributed by atoms with Crippen LogP contribution < -0.4 is 15.4 Å². The molecule has 1 amide bonds. The molecule has 3 rings (SSSR count). The summed E-state index contributed by atoms with van der Waals surface area (Å²) in [6, 6.07) is 10.5. The Kier molecular flexibility index (Phi) is 5.36. The standard InChI is InChI=1S/C17H20N4O4S/c1-25-14-4-2-12(3-5-14)10-18-16-7-6-15(20-21-16)17(22)19-13-8-9-26(23,24)11-13/h2-7,13H,8-11H2,1H3,(H,18,21)(H,19,22). The zero-order valence-electron chi connectivity index (χ0n) is 14.3. The van der Waals surface area contributed by atoms with E-state index in [0.29, 0.717) is 18.8 Å². The van der Waals surface area contributed by atoms with Gasteiger partial charge in [0.1, 0.15) is 11.6 Å². The number of nitrogens with zero attached hydrogens (tertiary/aromatic N) is 2. The Labute approximate surface area is 151 Å². The molecule has 0 radical (unpaired) electrons. The van der Waals surface area contributed by atoms with Crippen LogP contribution in [0, 0.1) is 0 Å². The first kappa shape index (κ1) is 18.1. The molecule has 2 heterocycles. The maximum atomic E-state index is 12.1. The molecular weight excluding hydrogens is 356 g/mol. The van der Waals surface area contributed by atoms with Crippen molar-refractivity contribution in [1.82, 2.24) is 15.5 Å². The number of amides is 1. The third-order valence-electron chi connectivity index (χ3n) is 4.10. The van der Waals surface area contributed by atoms with Crippen LogP contribution in [0.25, 0.3) is 0 Å². The summed E-state index contributed by atoms with van der Waals surface area (Å²) >= 11 is 0. The maximum absolute atomic E-state index is 12.1. The number of sulfone groups is 1. The molecule has 0 spiro atoms. The summed E-state index contributed by atoms with van der Waals surface area (Å²) in [5, 5.41) is 13.7. The van der Waals surface area contributed by atoms with Gasteiger partial charge in [0, 0.05) is 12.6 Å². The van der Waals surface area contributed by atoms with Gasteiger partial charge < -0.3 is 15.4 Å². The van der Waals surface area contributed by atoms with Crippen LogP contribution in [-0.4, -0.2) is 49.2 Å². The molecule has 0 aliphatic carbocycles. The van der Waals surface area contributed by atoms with Crippen LogP contribution in [0.5, 0.6) is 5.75 Å². The first-order valence-corrected chi connectivity index (χ1v) is 9.99. The van der Waals surface area contributed by atoms with E-state index in [4.69, 9.17) is 4.74 Å². The summed E-state index contributed by atoms with van der Waals surface area (Å²) in [6.45, 7) is 0.560. The fraction of sp³-hybridized carbons (Fsp3) is 0.353. The van der Waals surface area contributed by atoms with Crippen LogP contribution in [0.15, 0.2) is 36.4 Å². The largest absolute Gasteiger partial charge is 0.497 e. The number of benzene rings is 1. The summed E-state index contributed by atoms with van der Waals surface area (Å²) in [5.74, 6) is 1.01. The van der Waals surface area contributed by atoms with E-state index < -0.39 is 15.7 Å². The highest BCUT2D eigenvalue weighted by molar-refractivity contribution is 7.91. The van der Waals surface area contributed by atoms with Crippen LogP contribution in [0.2, 0.25) is 0 Å². The lowest BCUT2D eigenvalue weighted by molar-refractivity contribution is 0.0935. The zero-order chi connectivity index (χ0) is 18.6. The molecule has 26 heavy (non-hydrogen) atoms. The average Bonchev–Trinajstić information content (AvgIpc) is 2.99. The number of nitrogens with one attached hydrogen (secondary N) is 2. The number of anilines is 1. The van der Waals surface area contributed by atoms with Crippen molar-refractivity contribution in [2.45, 2.75) is 19.0 Å². The Morgan fingerprint density at radius 1 is 1.19 bits per heavy atom. The van der Waals surface area contributed by atoms with Crippen molar-refractivity contribution in [3.63, 3.8) is 0 Å². The zero-order valence-corrected chi connectivity index (χ0v) is 15.1. The molecule has 1 aromatic carbocycles. The number of carbonyl (C=O) groups is 1. The third kappa shape index (κ3) is 4.69. The number of hydrogen-bond donors (Lipinski definition) is 2. The minimum Gasteiger partial charge on any atom is -0.497 e. The van der Waals surface area contributed by atoms with Gasteiger partial charge in [0.05, 0.1) is 18.6 Å². The molecule has 8 nitrogen and oxygen atoms in total. The lowest BCUT2D eigenvalue weighted by Crippen LogP contribution is -2.36. The normalized spacial score (nSPS) is 18.3. The first-order chi connectivity index (χ1) is 12.4. The lowest BCUT2D eigenvalue weighted by atomic mass is 10.2. The molecule has 0 saturated carbocycles. The van der Waals surface area contributed by atoms with Crippen LogP contribution >= 0.6 is 0 Å². The highest BCUT2D eigenvalue weighted by Crippen LogP contribution is 2.14. The van der Waals surface area contributed by atoms with Gasteiger partial charge in [-0.2, -0.15) is 0 Å². The highest BCUT2D eigenvalue weighted by atomic mass is 32.2. The minimum atomic E-state index is -3.04. The number of aromatic nitrogens is 2. The van der Waals surface area contributed by atoms with E-state index in [-0.39, 0.29) is 23.2 Å². The third-order valence-corrected chi connectivity index (χ3v) is 5.87. The van der Waals surface area contributed by atoms with Gasteiger partial charge in [0.2, 0.25) is 0 Å². The summed E-state index contributed by atoms with van der Waals surface area (Å²) in [6.07, 6.45) is 0.434. The van der Waals surface area contributed by atoms with Gasteiger partial charge in [-0.05, 0) is 36.2 Å². The summed E-state index contributed by atoms with van der Waals surface area (Å²) in [5.41, 5.74) is 1.21. The lowest BCUT2D eigenvalue weighted by Gasteiger charge is -2.10. The van der Waals surface area contributed by atoms with E-state index in [2.05, 4.69) is 20.8 Å². The van der Waals surface area contributed by atoms with Gasteiger partial charge in [0.15, 0.2) is 15.5 Å². The highest BCUT2D eigenvalue weighted by Gasteiger charge is 2.29. The van der Waals surface area contributed by atoms with Crippen LogP contribution in [0.3, 0.4) is 0 Å². The predicted octanol–water partition coefficient (Wildman–Crippen LogP) is 1.01. The Morgan fingerprint density at radius 3 is 2.54 bits per heavy atom. The van der Waals surface area contributed by atoms with E-state index in [9.17, 15) is 13.2 Å². The van der Waals surface area contributed by atoms with Crippen molar-refractivity contribution in [2.24, 2.45) is 0 Å². The number of carbonyl (C=O) groups excluding carboxylic acids is 1. The predicted molar refractivity (Wildman–Crippen MR) is 96.9 cm³/mol. The van der Waals surface area contributed by atoms with Crippen molar-refractivity contribution in [1.29, 1.82) is 0 Å². The Morgan fingerprint density at radius 2 is 1.96 bits per heavy atom.